The van der Waals surface area contributed by atoms with Gasteiger partial charge in [0.05, 0.1) is 17.9 Å². The van der Waals surface area contributed by atoms with Crippen molar-refractivity contribution in [2.24, 2.45) is 5.92 Å². The van der Waals surface area contributed by atoms with Crippen molar-refractivity contribution in [2.45, 2.75) is 59.0 Å². The molecular weight excluding hydrogens is 394 g/mol. The summed E-state index contributed by atoms with van der Waals surface area (Å²) in [6.07, 6.45) is 0.362. The summed E-state index contributed by atoms with van der Waals surface area (Å²) in [6.45, 7) is 11.9. The first-order chi connectivity index (χ1) is 13.5. The highest BCUT2D eigenvalue weighted by Gasteiger charge is 2.53. The Morgan fingerprint density at radius 1 is 1.38 bits per heavy atom. The van der Waals surface area contributed by atoms with Gasteiger partial charge in [-0.05, 0) is 51.1 Å². The van der Waals surface area contributed by atoms with Gasteiger partial charge in [0.2, 0.25) is 6.29 Å². The van der Waals surface area contributed by atoms with Gasteiger partial charge in [-0.15, -0.1) is 11.3 Å². The molecule has 1 fully saturated rings. The van der Waals surface area contributed by atoms with Crippen LogP contribution in [-0.4, -0.2) is 34.8 Å². The van der Waals surface area contributed by atoms with Gasteiger partial charge < -0.3 is 14.2 Å². The van der Waals surface area contributed by atoms with Gasteiger partial charge in [0, 0.05) is 23.3 Å². The lowest BCUT2D eigenvalue weighted by Gasteiger charge is -2.26. The summed E-state index contributed by atoms with van der Waals surface area (Å²) in [4.78, 5) is 39.8. The molecule has 0 saturated carbocycles. The van der Waals surface area contributed by atoms with Crippen LogP contribution in [0.3, 0.4) is 0 Å². The van der Waals surface area contributed by atoms with Crippen LogP contribution in [0.4, 0.5) is 4.79 Å². The number of amides is 2. The molecule has 2 amide bonds. The molecule has 1 aromatic heterocycles. The number of ether oxygens (including phenoxy) is 3. The van der Waals surface area contributed by atoms with E-state index in [0.717, 1.165) is 10.4 Å². The fourth-order valence-electron chi connectivity index (χ4n) is 3.42. The van der Waals surface area contributed by atoms with E-state index in [4.69, 9.17) is 14.2 Å². The van der Waals surface area contributed by atoms with Crippen LogP contribution in [0.2, 0.25) is 0 Å². The zero-order valence-corrected chi connectivity index (χ0v) is 18.0. The van der Waals surface area contributed by atoms with Crippen LogP contribution in [0.5, 0.6) is 0 Å². The standard InChI is InChI=1S/C21H25NO6S/c1-11(2)19(24)27-12(3)26-10-15-14-9-16-13(7-8-29-16)17(14)22(18(15)23)20(25)28-21(4,5)6/h7-8,10,12,14,17H,1,9H2,2-6H3/b15-10+/t12-,14+,17+/m0/s1. The highest BCUT2D eigenvalue weighted by Crippen LogP contribution is 2.51. The topological polar surface area (TPSA) is 82.1 Å². The van der Waals surface area contributed by atoms with Crippen LogP contribution in [-0.2, 0) is 30.2 Å². The van der Waals surface area contributed by atoms with Gasteiger partial charge in [-0.2, -0.15) is 0 Å². The van der Waals surface area contributed by atoms with Gasteiger partial charge in [0.15, 0.2) is 0 Å². The van der Waals surface area contributed by atoms with Crippen molar-refractivity contribution >= 4 is 29.3 Å². The highest BCUT2D eigenvalue weighted by atomic mass is 32.1. The van der Waals surface area contributed by atoms with E-state index < -0.39 is 35.9 Å². The number of rotatable bonds is 4. The average Bonchev–Trinajstić information content (AvgIpc) is 3.22. The van der Waals surface area contributed by atoms with Crippen molar-refractivity contribution < 1.29 is 28.6 Å². The number of carbonyl (C=O) groups is 3. The normalized spacial score (nSPS) is 22.9. The number of hydrogen-bond donors (Lipinski definition) is 0. The fourth-order valence-corrected chi connectivity index (χ4v) is 4.40. The Kier molecular flexibility index (Phi) is 5.58. The third-order valence-corrected chi connectivity index (χ3v) is 5.59. The number of esters is 1. The molecule has 0 bridgehead atoms. The number of nitrogens with zero attached hydrogens (tertiary/aromatic N) is 1. The first kappa shape index (κ1) is 21.1. The molecule has 2 aliphatic rings. The highest BCUT2D eigenvalue weighted by molar-refractivity contribution is 7.10. The number of fused-ring (bicyclic) bond motifs is 3. The molecule has 1 aliphatic heterocycles. The second kappa shape index (κ2) is 7.67. The lowest BCUT2D eigenvalue weighted by molar-refractivity contribution is -0.161. The molecule has 0 unspecified atom stereocenters. The quantitative estimate of drug-likeness (QED) is 0.316. The molecule has 29 heavy (non-hydrogen) atoms. The molecule has 1 aliphatic carbocycles. The molecule has 3 rings (SSSR count). The van der Waals surface area contributed by atoms with E-state index in [-0.39, 0.29) is 11.5 Å². The van der Waals surface area contributed by atoms with E-state index in [1.165, 1.54) is 18.1 Å². The van der Waals surface area contributed by atoms with Crippen molar-refractivity contribution in [3.05, 3.63) is 45.9 Å². The summed E-state index contributed by atoms with van der Waals surface area (Å²) < 4.78 is 16.0. The molecule has 2 heterocycles. The molecule has 8 heteroatoms. The van der Waals surface area contributed by atoms with Crippen molar-refractivity contribution in [1.29, 1.82) is 0 Å². The van der Waals surface area contributed by atoms with Gasteiger partial charge in [-0.3, -0.25) is 4.79 Å². The zero-order valence-electron chi connectivity index (χ0n) is 17.2. The Bertz CT molecular complexity index is 893. The molecule has 0 N–H and O–H groups in total. The summed E-state index contributed by atoms with van der Waals surface area (Å²) in [7, 11) is 0. The maximum Gasteiger partial charge on any atom is 0.417 e. The molecule has 0 aromatic carbocycles. The van der Waals surface area contributed by atoms with Crippen molar-refractivity contribution in [2.75, 3.05) is 0 Å². The molecule has 3 atom stereocenters. The maximum absolute atomic E-state index is 13.1. The molecule has 0 spiro atoms. The first-order valence-electron chi connectivity index (χ1n) is 9.34. The summed E-state index contributed by atoms with van der Waals surface area (Å²) in [5.41, 5.74) is 0.852. The molecule has 1 aromatic rings. The number of likely N-dealkylation sites (tertiary alicyclic amines) is 1. The van der Waals surface area contributed by atoms with Gasteiger partial charge in [0.25, 0.3) is 5.91 Å². The zero-order chi connectivity index (χ0) is 21.5. The van der Waals surface area contributed by atoms with Gasteiger partial charge in [-0.1, -0.05) is 6.58 Å². The molecule has 1 saturated heterocycles. The fraction of sp³-hybridized carbons (Fsp3) is 0.476. The van der Waals surface area contributed by atoms with Crippen LogP contribution < -0.4 is 0 Å². The summed E-state index contributed by atoms with van der Waals surface area (Å²) in [5, 5.41) is 1.95. The largest absolute Gasteiger partial charge is 0.462 e. The maximum atomic E-state index is 13.1. The van der Waals surface area contributed by atoms with E-state index in [0.29, 0.717) is 12.0 Å². The van der Waals surface area contributed by atoms with Crippen LogP contribution in [0.15, 0.2) is 35.4 Å². The SMILES string of the molecule is C=C(C)C(=O)O[C@@H](C)O/C=C1/C(=O)N(C(=O)OC(C)(C)C)[C@@H]2c3ccsc3C[C@H]12. The predicted molar refractivity (Wildman–Crippen MR) is 107 cm³/mol. The number of carbonyl (C=O) groups excluding carboxylic acids is 3. The second-order valence-electron chi connectivity index (χ2n) is 8.17. The third-order valence-electron chi connectivity index (χ3n) is 4.63. The molecule has 0 radical (unpaired) electrons. The number of imide groups is 1. The Morgan fingerprint density at radius 3 is 2.69 bits per heavy atom. The predicted octanol–water partition coefficient (Wildman–Crippen LogP) is 4.10. The van der Waals surface area contributed by atoms with Gasteiger partial charge >= 0.3 is 12.1 Å². The number of thiophene rings is 1. The Labute approximate surface area is 173 Å². The summed E-state index contributed by atoms with van der Waals surface area (Å²) >= 11 is 1.60. The van der Waals surface area contributed by atoms with Gasteiger partial charge in [0.1, 0.15) is 5.60 Å². The second-order valence-corrected chi connectivity index (χ2v) is 9.17. The monoisotopic (exact) mass is 419 g/mol. The lowest BCUT2D eigenvalue weighted by atomic mass is 9.97. The van der Waals surface area contributed by atoms with E-state index in [1.807, 2.05) is 11.4 Å². The minimum absolute atomic E-state index is 0.221. The summed E-state index contributed by atoms with van der Waals surface area (Å²) in [5.74, 6) is -1.25. The van der Waals surface area contributed by atoms with Crippen LogP contribution in [0, 0.1) is 5.92 Å². The van der Waals surface area contributed by atoms with Crippen LogP contribution in [0.1, 0.15) is 51.1 Å². The minimum atomic E-state index is -0.899. The van der Waals surface area contributed by atoms with E-state index in [9.17, 15) is 14.4 Å². The van der Waals surface area contributed by atoms with Crippen LogP contribution >= 0.6 is 11.3 Å². The van der Waals surface area contributed by atoms with E-state index in [1.54, 1.807) is 39.0 Å². The molecular formula is C21H25NO6S. The minimum Gasteiger partial charge on any atom is -0.462 e. The van der Waals surface area contributed by atoms with Gasteiger partial charge in [-0.25, -0.2) is 14.5 Å². The average molecular weight is 419 g/mol. The van der Waals surface area contributed by atoms with Crippen molar-refractivity contribution in [3.8, 4) is 0 Å². The molecule has 156 valence electrons. The Morgan fingerprint density at radius 2 is 2.07 bits per heavy atom. The van der Waals surface area contributed by atoms with E-state index in [2.05, 4.69) is 6.58 Å². The number of hydrogen-bond acceptors (Lipinski definition) is 7. The van der Waals surface area contributed by atoms with Crippen LogP contribution in [0.25, 0.3) is 0 Å². The summed E-state index contributed by atoms with van der Waals surface area (Å²) in [6, 6.07) is 1.53. The van der Waals surface area contributed by atoms with E-state index >= 15 is 0 Å². The first-order valence-corrected chi connectivity index (χ1v) is 10.2. The Balaban J connectivity index is 1.85. The lowest BCUT2D eigenvalue weighted by Crippen LogP contribution is -2.39. The van der Waals surface area contributed by atoms with Crippen molar-refractivity contribution in [1.82, 2.24) is 4.90 Å². The smallest absolute Gasteiger partial charge is 0.417 e. The molecule has 7 nitrogen and oxygen atoms in total. The Hall–Kier alpha value is -2.61. The van der Waals surface area contributed by atoms with Crippen molar-refractivity contribution in [3.63, 3.8) is 0 Å². The third kappa shape index (κ3) is 4.22.